The van der Waals surface area contributed by atoms with Crippen LogP contribution >= 0.6 is 34.4 Å². The highest BCUT2D eigenvalue weighted by atomic mass is 32.2. The summed E-state index contributed by atoms with van der Waals surface area (Å²) in [7, 11) is 3.94. The average Bonchev–Trinajstić information content (AvgIpc) is 3.07. The summed E-state index contributed by atoms with van der Waals surface area (Å²) in [6.07, 6.45) is 2.11. The van der Waals surface area contributed by atoms with Crippen molar-refractivity contribution in [3.63, 3.8) is 0 Å². The predicted octanol–water partition coefficient (Wildman–Crippen LogP) is 4.17. The second-order valence-corrected chi connectivity index (χ2v) is 8.37. The molecule has 7 heteroatoms. The van der Waals surface area contributed by atoms with Crippen molar-refractivity contribution in [1.82, 2.24) is 0 Å². The van der Waals surface area contributed by atoms with Gasteiger partial charge in [0.1, 0.15) is 17.5 Å². The van der Waals surface area contributed by atoms with Crippen molar-refractivity contribution in [2.24, 2.45) is 7.05 Å². The molecule has 0 spiro atoms. The molecule has 1 aliphatic rings. The smallest absolute Gasteiger partial charge is 0.265 e. The standard InChI is InChI=1S/C15H11FN2OS3/c1-17-9-5-8(19)3-4-11(9)20-13(17)7-14-18(2)10-6-12(16)21-15(10)22-14/h3-7H,1-2H3/p+1. The van der Waals surface area contributed by atoms with E-state index in [0.29, 0.717) is 0 Å². The van der Waals surface area contributed by atoms with Crippen molar-refractivity contribution in [3.05, 3.63) is 39.4 Å². The Morgan fingerprint density at radius 1 is 1.27 bits per heavy atom. The molecule has 4 rings (SSSR count). The lowest BCUT2D eigenvalue weighted by Crippen LogP contribution is -2.29. The van der Waals surface area contributed by atoms with Crippen LogP contribution in [0.25, 0.3) is 16.3 Å². The molecule has 0 fully saturated rings. The molecule has 0 saturated carbocycles. The van der Waals surface area contributed by atoms with Gasteiger partial charge < -0.3 is 10.0 Å². The number of halogens is 1. The maximum atomic E-state index is 13.3. The number of anilines is 1. The first-order chi connectivity index (χ1) is 10.5. The zero-order valence-corrected chi connectivity index (χ0v) is 14.3. The number of rotatable bonds is 1. The number of aromatic hydroxyl groups is 1. The molecule has 0 unspecified atom stereocenters. The number of benzene rings is 1. The molecular weight excluding hydrogens is 339 g/mol. The van der Waals surface area contributed by atoms with Gasteiger partial charge in [-0.05, 0) is 12.1 Å². The summed E-state index contributed by atoms with van der Waals surface area (Å²) in [5.74, 6) is 0.269. The molecule has 0 atom stereocenters. The molecule has 1 N–H and O–H groups in total. The van der Waals surface area contributed by atoms with Crippen LogP contribution in [0, 0.1) is 5.13 Å². The summed E-state index contributed by atoms with van der Waals surface area (Å²) in [6, 6.07) is 6.98. The van der Waals surface area contributed by atoms with Crippen LogP contribution in [0.4, 0.5) is 10.1 Å². The normalized spacial score (nSPS) is 16.0. The van der Waals surface area contributed by atoms with Crippen molar-refractivity contribution in [2.45, 2.75) is 4.21 Å². The SMILES string of the molecule is CN1C(=Cc2sc3ccc(O)cc3[n+]2C)Sc2sc(F)cc21. The lowest BCUT2D eigenvalue weighted by Gasteiger charge is -2.11. The second-order valence-electron chi connectivity index (χ2n) is 5.02. The summed E-state index contributed by atoms with van der Waals surface area (Å²) in [6.45, 7) is 0. The van der Waals surface area contributed by atoms with Crippen molar-refractivity contribution in [2.75, 3.05) is 11.9 Å². The highest BCUT2D eigenvalue weighted by Gasteiger charge is 2.27. The molecule has 2 aromatic heterocycles. The molecule has 0 radical (unpaired) electrons. The third kappa shape index (κ3) is 2.12. The van der Waals surface area contributed by atoms with E-state index in [9.17, 15) is 9.50 Å². The van der Waals surface area contributed by atoms with Crippen LogP contribution in [0.2, 0.25) is 0 Å². The fourth-order valence-electron chi connectivity index (χ4n) is 2.44. The van der Waals surface area contributed by atoms with Crippen LogP contribution in [-0.4, -0.2) is 12.2 Å². The van der Waals surface area contributed by atoms with Crippen LogP contribution < -0.4 is 9.47 Å². The molecule has 1 aliphatic heterocycles. The molecule has 3 aromatic rings. The van der Waals surface area contributed by atoms with E-state index in [4.69, 9.17) is 0 Å². The summed E-state index contributed by atoms with van der Waals surface area (Å²) < 4.78 is 17.5. The van der Waals surface area contributed by atoms with E-state index >= 15 is 0 Å². The van der Waals surface area contributed by atoms with Gasteiger partial charge in [0.2, 0.25) is 5.52 Å². The summed E-state index contributed by atoms with van der Waals surface area (Å²) in [5.41, 5.74) is 1.93. The Morgan fingerprint density at radius 3 is 2.86 bits per heavy atom. The minimum Gasteiger partial charge on any atom is -0.508 e. The Hall–Kier alpha value is -1.57. The summed E-state index contributed by atoms with van der Waals surface area (Å²) in [5, 5.41) is 11.7. The molecule has 112 valence electrons. The first-order valence-electron chi connectivity index (χ1n) is 6.57. The van der Waals surface area contributed by atoms with Crippen molar-refractivity contribution in [1.29, 1.82) is 0 Å². The predicted molar refractivity (Wildman–Crippen MR) is 91.2 cm³/mol. The highest BCUT2D eigenvalue weighted by Crippen LogP contribution is 2.50. The quantitative estimate of drug-likeness (QED) is 0.667. The number of aromatic nitrogens is 1. The molecule has 1 aromatic carbocycles. The number of phenols is 1. The number of aryl methyl sites for hydroxylation is 1. The van der Waals surface area contributed by atoms with Gasteiger partial charge in [-0.3, -0.25) is 0 Å². The van der Waals surface area contributed by atoms with Crippen molar-refractivity contribution < 1.29 is 14.1 Å². The third-order valence-electron chi connectivity index (χ3n) is 3.63. The number of thiazole rings is 1. The first kappa shape index (κ1) is 14.0. The van der Waals surface area contributed by atoms with E-state index in [1.165, 1.54) is 11.3 Å². The number of hydrogen-bond donors (Lipinski definition) is 1. The van der Waals surface area contributed by atoms with Crippen LogP contribution in [0.5, 0.6) is 5.75 Å². The Labute approximate surface area is 138 Å². The van der Waals surface area contributed by atoms with Gasteiger partial charge in [-0.1, -0.05) is 34.4 Å². The fraction of sp³-hybridized carbons (Fsp3) is 0.133. The minimum absolute atomic E-state index is 0.147. The molecule has 3 nitrogen and oxygen atoms in total. The van der Waals surface area contributed by atoms with Crippen LogP contribution in [0.3, 0.4) is 0 Å². The second kappa shape index (κ2) is 4.97. The largest absolute Gasteiger partial charge is 0.508 e. The molecule has 0 amide bonds. The average molecular weight is 351 g/mol. The highest BCUT2D eigenvalue weighted by molar-refractivity contribution is 8.05. The van der Waals surface area contributed by atoms with Gasteiger partial charge in [0.05, 0.1) is 27.1 Å². The lowest BCUT2D eigenvalue weighted by molar-refractivity contribution is -0.642. The van der Waals surface area contributed by atoms with Crippen LogP contribution in [-0.2, 0) is 7.05 Å². The Morgan fingerprint density at radius 2 is 2.09 bits per heavy atom. The number of phenolic OH excluding ortho intramolecular Hbond substituents is 1. The molecule has 0 aliphatic carbocycles. The van der Waals surface area contributed by atoms with E-state index in [-0.39, 0.29) is 10.9 Å². The van der Waals surface area contributed by atoms with Crippen molar-refractivity contribution in [3.8, 4) is 5.75 Å². The minimum atomic E-state index is -0.147. The molecule has 0 bridgehead atoms. The van der Waals surface area contributed by atoms with E-state index in [1.807, 2.05) is 25.1 Å². The van der Waals surface area contributed by atoms with Crippen molar-refractivity contribution >= 4 is 56.4 Å². The number of fused-ring (bicyclic) bond motifs is 2. The van der Waals surface area contributed by atoms with Gasteiger partial charge in [0.15, 0.2) is 5.13 Å². The Balaban J connectivity index is 1.78. The molecule has 0 saturated heterocycles. The van der Waals surface area contributed by atoms with Gasteiger partial charge in [0.25, 0.3) is 5.01 Å². The van der Waals surface area contributed by atoms with E-state index < -0.39 is 0 Å². The topological polar surface area (TPSA) is 27.3 Å². The number of hydrogen-bond acceptors (Lipinski definition) is 5. The van der Waals surface area contributed by atoms with Gasteiger partial charge in [0, 0.05) is 13.1 Å². The maximum absolute atomic E-state index is 13.3. The zero-order valence-electron chi connectivity index (χ0n) is 11.8. The molecule has 3 heterocycles. The van der Waals surface area contributed by atoms with Gasteiger partial charge in [-0.25, -0.2) is 0 Å². The Kier molecular flexibility index (Phi) is 3.18. The van der Waals surface area contributed by atoms with Gasteiger partial charge in [-0.2, -0.15) is 8.96 Å². The summed E-state index contributed by atoms with van der Waals surface area (Å²) in [4.78, 5) is 2.02. The molecule has 22 heavy (non-hydrogen) atoms. The lowest BCUT2D eigenvalue weighted by atomic mass is 10.3. The Bertz CT molecular complexity index is 928. The first-order valence-corrected chi connectivity index (χ1v) is 9.02. The fourth-order valence-corrected chi connectivity index (χ4v) is 5.79. The number of nitrogens with zero attached hydrogens (tertiary/aromatic N) is 2. The zero-order chi connectivity index (χ0) is 15.4. The summed E-state index contributed by atoms with van der Waals surface area (Å²) >= 11 is 4.45. The van der Waals surface area contributed by atoms with Crippen LogP contribution in [0.15, 0.2) is 33.5 Å². The van der Waals surface area contributed by atoms with Gasteiger partial charge >= 0.3 is 0 Å². The number of thioether (sulfide) groups is 1. The molecular formula is C15H12FN2OS3+. The third-order valence-corrected chi connectivity index (χ3v) is 7.00. The van der Waals surface area contributed by atoms with E-state index in [1.54, 1.807) is 41.3 Å². The monoisotopic (exact) mass is 351 g/mol. The maximum Gasteiger partial charge on any atom is 0.265 e. The number of thiophene rings is 1. The van der Waals surface area contributed by atoms with E-state index in [0.717, 1.165) is 30.1 Å². The van der Waals surface area contributed by atoms with Gasteiger partial charge in [-0.15, -0.1) is 0 Å². The van der Waals surface area contributed by atoms with Crippen LogP contribution in [0.1, 0.15) is 5.01 Å². The van der Waals surface area contributed by atoms with E-state index in [2.05, 4.69) is 10.6 Å².